The quantitative estimate of drug-likeness (QED) is 0.904. The maximum atomic E-state index is 10.8. The minimum atomic E-state index is -0.709. The van der Waals surface area contributed by atoms with Crippen LogP contribution in [0.5, 0.6) is 11.5 Å². The van der Waals surface area contributed by atoms with Crippen molar-refractivity contribution in [1.29, 1.82) is 0 Å². The lowest BCUT2D eigenvalue weighted by atomic mass is 9.98. The van der Waals surface area contributed by atoms with Crippen LogP contribution in [0.2, 0.25) is 0 Å². The maximum Gasteiger partial charge on any atom is 0.309 e. The summed E-state index contributed by atoms with van der Waals surface area (Å²) in [5.74, 6) is 0.856. The molecule has 0 spiro atoms. The second kappa shape index (κ2) is 4.98. The number of methoxy groups -OCH3 is 1. The summed E-state index contributed by atoms with van der Waals surface area (Å²) >= 11 is 0. The SMILES string of the molecule is COc1cc2c(cc1CN1CC(C(=O)O)C1)OC(C)C2. The number of hydrogen-bond acceptors (Lipinski definition) is 4. The molecule has 20 heavy (non-hydrogen) atoms. The van der Waals surface area contributed by atoms with Crippen molar-refractivity contribution in [3.63, 3.8) is 0 Å². The van der Waals surface area contributed by atoms with Crippen LogP contribution in [-0.2, 0) is 17.8 Å². The summed E-state index contributed by atoms with van der Waals surface area (Å²) in [6.07, 6.45) is 1.13. The van der Waals surface area contributed by atoms with Crippen molar-refractivity contribution >= 4 is 5.97 Å². The van der Waals surface area contributed by atoms with Crippen molar-refractivity contribution in [3.05, 3.63) is 23.3 Å². The average molecular weight is 277 g/mol. The van der Waals surface area contributed by atoms with Crippen LogP contribution in [0.25, 0.3) is 0 Å². The molecule has 5 nitrogen and oxygen atoms in total. The van der Waals surface area contributed by atoms with E-state index in [1.54, 1.807) is 7.11 Å². The van der Waals surface area contributed by atoms with E-state index in [1.165, 1.54) is 5.56 Å². The van der Waals surface area contributed by atoms with E-state index < -0.39 is 5.97 Å². The molecular formula is C15H19NO4. The highest BCUT2D eigenvalue weighted by Crippen LogP contribution is 2.36. The number of carboxylic acid groups (broad SMARTS) is 1. The van der Waals surface area contributed by atoms with Gasteiger partial charge in [-0.05, 0) is 19.1 Å². The predicted molar refractivity (Wildman–Crippen MR) is 73.2 cm³/mol. The lowest BCUT2D eigenvalue weighted by Crippen LogP contribution is -2.49. The molecule has 1 saturated heterocycles. The first-order valence-corrected chi connectivity index (χ1v) is 6.88. The molecule has 2 aliphatic rings. The first kappa shape index (κ1) is 13.2. The first-order valence-electron chi connectivity index (χ1n) is 6.88. The number of likely N-dealkylation sites (tertiary alicyclic amines) is 1. The average Bonchev–Trinajstić information content (AvgIpc) is 2.70. The van der Waals surface area contributed by atoms with Gasteiger partial charge in [-0.15, -0.1) is 0 Å². The largest absolute Gasteiger partial charge is 0.496 e. The molecule has 2 heterocycles. The molecule has 1 aromatic carbocycles. The first-order chi connectivity index (χ1) is 9.56. The van der Waals surface area contributed by atoms with Crippen LogP contribution < -0.4 is 9.47 Å². The third-order valence-electron chi connectivity index (χ3n) is 4.00. The summed E-state index contributed by atoms with van der Waals surface area (Å²) in [6.45, 7) is 3.97. The topological polar surface area (TPSA) is 59.0 Å². The Labute approximate surface area is 118 Å². The molecular weight excluding hydrogens is 258 g/mol. The van der Waals surface area contributed by atoms with E-state index in [4.69, 9.17) is 14.6 Å². The highest BCUT2D eigenvalue weighted by molar-refractivity contribution is 5.71. The summed E-state index contributed by atoms with van der Waals surface area (Å²) in [7, 11) is 1.67. The van der Waals surface area contributed by atoms with Crippen LogP contribution in [0.3, 0.4) is 0 Å². The highest BCUT2D eigenvalue weighted by Gasteiger charge is 2.33. The van der Waals surface area contributed by atoms with Gasteiger partial charge in [0.1, 0.15) is 17.6 Å². The number of benzene rings is 1. The third-order valence-corrected chi connectivity index (χ3v) is 4.00. The molecule has 0 aromatic heterocycles. The summed E-state index contributed by atoms with van der Waals surface area (Å²) in [4.78, 5) is 12.9. The van der Waals surface area contributed by atoms with Crippen LogP contribution in [0.4, 0.5) is 0 Å². The van der Waals surface area contributed by atoms with Gasteiger partial charge in [0.25, 0.3) is 0 Å². The summed E-state index contributed by atoms with van der Waals surface area (Å²) < 4.78 is 11.2. The van der Waals surface area contributed by atoms with Crippen LogP contribution in [-0.4, -0.2) is 42.3 Å². The fraction of sp³-hybridized carbons (Fsp3) is 0.533. The molecule has 1 unspecified atom stereocenters. The number of nitrogens with zero attached hydrogens (tertiary/aromatic N) is 1. The Bertz CT molecular complexity index is 537. The minimum Gasteiger partial charge on any atom is -0.496 e. The Morgan fingerprint density at radius 3 is 2.90 bits per heavy atom. The Balaban J connectivity index is 1.74. The van der Waals surface area contributed by atoms with E-state index in [0.717, 1.165) is 23.5 Å². The van der Waals surface area contributed by atoms with Gasteiger partial charge in [-0.3, -0.25) is 9.69 Å². The van der Waals surface area contributed by atoms with Crippen LogP contribution >= 0.6 is 0 Å². The zero-order valence-corrected chi connectivity index (χ0v) is 11.8. The standard InChI is InChI=1S/C15H19NO4/c1-9-3-10-4-13(19-2)11(5-14(10)20-9)6-16-7-12(8-16)15(17)18/h4-5,9,12H,3,6-8H2,1-2H3,(H,17,18). The van der Waals surface area contributed by atoms with Crippen LogP contribution in [0.15, 0.2) is 12.1 Å². The number of aliphatic carboxylic acids is 1. The van der Waals surface area contributed by atoms with E-state index in [1.807, 2.05) is 12.1 Å². The van der Waals surface area contributed by atoms with Gasteiger partial charge in [0.15, 0.2) is 0 Å². The van der Waals surface area contributed by atoms with Gasteiger partial charge in [0.05, 0.1) is 13.0 Å². The molecule has 2 aliphatic heterocycles. The Morgan fingerprint density at radius 1 is 1.50 bits per heavy atom. The van der Waals surface area contributed by atoms with Crippen molar-refractivity contribution < 1.29 is 19.4 Å². The molecule has 0 radical (unpaired) electrons. The Morgan fingerprint density at radius 2 is 2.25 bits per heavy atom. The second-order valence-electron chi connectivity index (χ2n) is 5.63. The van der Waals surface area contributed by atoms with Gasteiger partial charge in [0, 0.05) is 37.2 Å². The molecule has 1 fully saturated rings. The summed E-state index contributed by atoms with van der Waals surface area (Å²) in [5, 5.41) is 8.90. The van der Waals surface area contributed by atoms with Gasteiger partial charge in [-0.25, -0.2) is 0 Å². The van der Waals surface area contributed by atoms with Crippen molar-refractivity contribution in [2.45, 2.75) is 26.0 Å². The molecule has 1 N–H and O–H groups in total. The van der Waals surface area contributed by atoms with Crippen LogP contribution in [0.1, 0.15) is 18.1 Å². The van der Waals surface area contributed by atoms with Gasteiger partial charge in [0.2, 0.25) is 0 Å². The maximum absolute atomic E-state index is 10.8. The summed E-state index contributed by atoms with van der Waals surface area (Å²) in [6, 6.07) is 4.08. The molecule has 0 bridgehead atoms. The van der Waals surface area contributed by atoms with E-state index in [-0.39, 0.29) is 12.0 Å². The third kappa shape index (κ3) is 2.33. The van der Waals surface area contributed by atoms with Crippen molar-refractivity contribution in [2.24, 2.45) is 5.92 Å². The molecule has 5 heteroatoms. The molecule has 0 aliphatic carbocycles. The van der Waals surface area contributed by atoms with E-state index in [9.17, 15) is 4.79 Å². The molecule has 1 aromatic rings. The smallest absolute Gasteiger partial charge is 0.309 e. The monoisotopic (exact) mass is 277 g/mol. The van der Waals surface area contributed by atoms with E-state index >= 15 is 0 Å². The number of carboxylic acids is 1. The predicted octanol–water partition coefficient (Wildman–Crippen LogP) is 1.53. The zero-order chi connectivity index (χ0) is 14.3. The number of hydrogen-bond donors (Lipinski definition) is 1. The normalized spacial score (nSPS) is 22.0. The number of rotatable bonds is 4. The molecule has 3 rings (SSSR count). The number of fused-ring (bicyclic) bond motifs is 1. The van der Waals surface area contributed by atoms with Gasteiger partial charge in [-0.1, -0.05) is 0 Å². The highest BCUT2D eigenvalue weighted by atomic mass is 16.5. The van der Waals surface area contributed by atoms with Gasteiger partial charge >= 0.3 is 5.97 Å². The summed E-state index contributed by atoms with van der Waals surface area (Å²) in [5.41, 5.74) is 2.24. The molecule has 0 amide bonds. The number of carbonyl (C=O) groups is 1. The fourth-order valence-corrected chi connectivity index (χ4v) is 2.89. The molecule has 0 saturated carbocycles. The lowest BCUT2D eigenvalue weighted by molar-refractivity contribution is -0.147. The Hall–Kier alpha value is -1.75. The van der Waals surface area contributed by atoms with E-state index in [2.05, 4.69) is 11.8 Å². The van der Waals surface area contributed by atoms with Gasteiger partial charge < -0.3 is 14.6 Å². The van der Waals surface area contributed by atoms with Crippen molar-refractivity contribution in [3.8, 4) is 11.5 Å². The fourth-order valence-electron chi connectivity index (χ4n) is 2.89. The van der Waals surface area contributed by atoms with Gasteiger partial charge in [-0.2, -0.15) is 0 Å². The van der Waals surface area contributed by atoms with Crippen molar-refractivity contribution in [1.82, 2.24) is 4.90 Å². The second-order valence-corrected chi connectivity index (χ2v) is 5.63. The number of ether oxygens (including phenoxy) is 2. The Kier molecular flexibility index (Phi) is 3.30. The minimum absolute atomic E-state index is 0.213. The van der Waals surface area contributed by atoms with E-state index in [0.29, 0.717) is 19.6 Å². The molecule has 1 atom stereocenters. The van der Waals surface area contributed by atoms with Crippen molar-refractivity contribution in [2.75, 3.05) is 20.2 Å². The zero-order valence-electron chi connectivity index (χ0n) is 11.8. The van der Waals surface area contributed by atoms with Crippen LogP contribution in [0, 0.1) is 5.92 Å². The molecule has 108 valence electrons. The lowest BCUT2D eigenvalue weighted by Gasteiger charge is -2.36.